The van der Waals surface area contributed by atoms with Crippen molar-refractivity contribution in [3.05, 3.63) is 59.7 Å². The SMILES string of the molecule is Nc1cc2c3c(cccc3[nH+]1)C(=O)c1ccccc1-2. The molecule has 19 heavy (non-hydrogen) atoms. The molecular formula is C16H11N2O+. The van der Waals surface area contributed by atoms with E-state index in [1.807, 2.05) is 48.5 Å². The second-order valence-corrected chi connectivity index (χ2v) is 4.74. The number of fused-ring (bicyclic) bond motifs is 2. The van der Waals surface area contributed by atoms with Crippen molar-refractivity contribution in [1.29, 1.82) is 0 Å². The van der Waals surface area contributed by atoms with Gasteiger partial charge in [-0.05, 0) is 11.6 Å². The van der Waals surface area contributed by atoms with Gasteiger partial charge in [-0.1, -0.05) is 36.4 Å². The summed E-state index contributed by atoms with van der Waals surface area (Å²) in [5, 5.41) is 0.959. The lowest BCUT2D eigenvalue weighted by Gasteiger charge is -2.18. The van der Waals surface area contributed by atoms with Crippen molar-refractivity contribution in [3.63, 3.8) is 0 Å². The number of H-pyrrole nitrogens is 1. The molecule has 2 aromatic carbocycles. The van der Waals surface area contributed by atoms with Crippen molar-refractivity contribution in [2.24, 2.45) is 0 Å². The van der Waals surface area contributed by atoms with E-state index in [1.165, 1.54) is 0 Å². The van der Waals surface area contributed by atoms with Crippen molar-refractivity contribution in [1.82, 2.24) is 0 Å². The number of aromatic amines is 1. The third-order valence-corrected chi connectivity index (χ3v) is 3.62. The number of rotatable bonds is 0. The summed E-state index contributed by atoms with van der Waals surface area (Å²) < 4.78 is 0. The molecule has 1 aliphatic carbocycles. The fourth-order valence-corrected chi connectivity index (χ4v) is 2.83. The first-order valence-corrected chi connectivity index (χ1v) is 6.14. The molecule has 3 heteroatoms. The van der Waals surface area contributed by atoms with E-state index in [4.69, 9.17) is 5.73 Å². The molecular weight excluding hydrogens is 236 g/mol. The van der Waals surface area contributed by atoms with Crippen LogP contribution in [0.3, 0.4) is 0 Å². The average Bonchev–Trinajstić information content (AvgIpc) is 2.44. The third-order valence-electron chi connectivity index (χ3n) is 3.62. The number of carbonyl (C=O) groups is 1. The molecule has 0 saturated heterocycles. The summed E-state index contributed by atoms with van der Waals surface area (Å²) in [5.41, 5.74) is 10.3. The minimum atomic E-state index is 0.0758. The van der Waals surface area contributed by atoms with Crippen LogP contribution in [0.1, 0.15) is 15.9 Å². The molecule has 4 rings (SSSR count). The molecule has 0 radical (unpaired) electrons. The number of nitrogens with two attached hydrogens (primary N) is 1. The second kappa shape index (κ2) is 3.42. The number of pyridine rings is 1. The molecule has 0 fully saturated rings. The maximum atomic E-state index is 12.5. The maximum Gasteiger partial charge on any atom is 0.271 e. The summed E-state index contributed by atoms with van der Waals surface area (Å²) >= 11 is 0. The van der Waals surface area contributed by atoms with E-state index in [0.29, 0.717) is 5.82 Å². The van der Waals surface area contributed by atoms with Crippen LogP contribution in [-0.2, 0) is 0 Å². The lowest BCUT2D eigenvalue weighted by molar-refractivity contribution is -0.326. The first-order valence-electron chi connectivity index (χ1n) is 6.14. The molecule has 1 aliphatic rings. The molecule has 1 aromatic heterocycles. The molecule has 3 N–H and O–H groups in total. The van der Waals surface area contributed by atoms with Gasteiger partial charge in [0.05, 0.1) is 0 Å². The highest BCUT2D eigenvalue weighted by Crippen LogP contribution is 2.38. The van der Waals surface area contributed by atoms with Crippen molar-refractivity contribution in [2.75, 3.05) is 5.73 Å². The van der Waals surface area contributed by atoms with Crippen LogP contribution in [-0.4, -0.2) is 5.78 Å². The van der Waals surface area contributed by atoms with Crippen molar-refractivity contribution in [3.8, 4) is 11.1 Å². The molecule has 0 saturated carbocycles. The van der Waals surface area contributed by atoms with Gasteiger partial charge < -0.3 is 0 Å². The Balaban J connectivity index is 2.28. The quantitative estimate of drug-likeness (QED) is 0.519. The van der Waals surface area contributed by atoms with Gasteiger partial charge in [-0.2, -0.15) is 0 Å². The van der Waals surface area contributed by atoms with Gasteiger partial charge in [0.15, 0.2) is 5.78 Å². The highest BCUT2D eigenvalue weighted by atomic mass is 16.1. The van der Waals surface area contributed by atoms with E-state index in [9.17, 15) is 4.79 Å². The minimum Gasteiger partial charge on any atom is -0.289 e. The van der Waals surface area contributed by atoms with Gasteiger partial charge in [0.1, 0.15) is 5.52 Å². The van der Waals surface area contributed by atoms with Gasteiger partial charge in [-0.15, -0.1) is 0 Å². The summed E-state index contributed by atoms with van der Waals surface area (Å²) in [4.78, 5) is 15.7. The van der Waals surface area contributed by atoms with E-state index >= 15 is 0 Å². The number of aromatic nitrogens is 1. The number of hydrogen-bond acceptors (Lipinski definition) is 2. The standard InChI is InChI=1S/C16H10N2O/c17-14-8-12-9-4-1-2-5-10(9)16(19)11-6-3-7-13(18-14)15(11)12/h1-8H,(H2,17,18)/p+1. The van der Waals surface area contributed by atoms with Crippen molar-refractivity contribution < 1.29 is 9.78 Å². The molecule has 1 heterocycles. The number of carbonyl (C=O) groups excluding carboxylic acids is 1. The zero-order chi connectivity index (χ0) is 13.0. The molecule has 0 amide bonds. The van der Waals surface area contributed by atoms with Crippen LogP contribution in [0.15, 0.2) is 48.5 Å². The Morgan fingerprint density at radius 1 is 0.842 bits per heavy atom. The van der Waals surface area contributed by atoms with Crippen molar-refractivity contribution >= 4 is 22.5 Å². The molecule has 90 valence electrons. The van der Waals surface area contributed by atoms with E-state index < -0.39 is 0 Å². The van der Waals surface area contributed by atoms with Gasteiger partial charge in [-0.3, -0.25) is 10.5 Å². The zero-order valence-corrected chi connectivity index (χ0v) is 10.1. The summed E-state index contributed by atoms with van der Waals surface area (Å²) in [6.07, 6.45) is 0. The first kappa shape index (κ1) is 10.3. The molecule has 0 aliphatic heterocycles. The summed E-state index contributed by atoms with van der Waals surface area (Å²) in [6.45, 7) is 0. The molecule has 3 aromatic rings. The van der Waals surface area contributed by atoms with Gasteiger partial charge in [0.2, 0.25) is 0 Å². The fourth-order valence-electron chi connectivity index (χ4n) is 2.83. The van der Waals surface area contributed by atoms with Crippen LogP contribution in [0.4, 0.5) is 5.82 Å². The number of anilines is 1. The monoisotopic (exact) mass is 247 g/mol. The third kappa shape index (κ3) is 1.27. The Kier molecular flexibility index (Phi) is 1.85. The topological polar surface area (TPSA) is 57.2 Å². The fraction of sp³-hybridized carbons (Fsp3) is 0. The molecule has 0 atom stereocenters. The second-order valence-electron chi connectivity index (χ2n) is 4.74. The Morgan fingerprint density at radius 3 is 2.42 bits per heavy atom. The van der Waals surface area contributed by atoms with E-state index in [0.717, 1.165) is 33.2 Å². The van der Waals surface area contributed by atoms with Crippen LogP contribution in [0.5, 0.6) is 0 Å². The Morgan fingerprint density at radius 2 is 1.58 bits per heavy atom. The number of nitrogens with one attached hydrogen (secondary N) is 1. The summed E-state index contributed by atoms with van der Waals surface area (Å²) in [7, 11) is 0. The largest absolute Gasteiger partial charge is 0.289 e. The number of benzene rings is 2. The smallest absolute Gasteiger partial charge is 0.271 e. The van der Waals surface area contributed by atoms with Crippen LogP contribution in [0.2, 0.25) is 0 Å². The number of ketones is 1. The van der Waals surface area contributed by atoms with Gasteiger partial charge in [0.25, 0.3) is 5.82 Å². The van der Waals surface area contributed by atoms with Crippen LogP contribution >= 0.6 is 0 Å². The number of nitrogen functional groups attached to an aromatic ring is 1. The zero-order valence-electron chi connectivity index (χ0n) is 10.1. The van der Waals surface area contributed by atoms with E-state index in [1.54, 1.807) is 0 Å². The van der Waals surface area contributed by atoms with Gasteiger partial charge in [-0.25, -0.2) is 4.98 Å². The molecule has 0 spiro atoms. The van der Waals surface area contributed by atoms with Gasteiger partial charge >= 0.3 is 0 Å². The summed E-state index contributed by atoms with van der Waals surface area (Å²) in [5.74, 6) is 0.677. The minimum absolute atomic E-state index is 0.0758. The molecule has 3 nitrogen and oxygen atoms in total. The maximum absolute atomic E-state index is 12.5. The Bertz CT molecular complexity index is 852. The first-order chi connectivity index (χ1) is 9.25. The normalized spacial score (nSPS) is 12.5. The van der Waals surface area contributed by atoms with Crippen molar-refractivity contribution in [2.45, 2.75) is 0 Å². The Labute approximate surface area is 109 Å². The molecule has 0 bridgehead atoms. The summed E-state index contributed by atoms with van der Waals surface area (Å²) in [6, 6.07) is 15.3. The average molecular weight is 247 g/mol. The van der Waals surface area contributed by atoms with Crippen LogP contribution < -0.4 is 10.7 Å². The lowest BCUT2D eigenvalue weighted by atomic mass is 9.84. The highest BCUT2D eigenvalue weighted by molar-refractivity contribution is 6.25. The van der Waals surface area contributed by atoms with E-state index in [-0.39, 0.29) is 5.78 Å². The highest BCUT2D eigenvalue weighted by Gasteiger charge is 2.26. The predicted octanol–water partition coefficient (Wildman–Crippen LogP) is 2.45. The predicted molar refractivity (Wildman–Crippen MR) is 73.8 cm³/mol. The molecule has 0 unspecified atom stereocenters. The van der Waals surface area contributed by atoms with Crippen LogP contribution in [0, 0.1) is 0 Å². The number of hydrogen-bond donors (Lipinski definition) is 1. The van der Waals surface area contributed by atoms with E-state index in [2.05, 4.69) is 4.98 Å². The van der Waals surface area contributed by atoms with Crippen LogP contribution in [0.25, 0.3) is 22.0 Å². The Hall–Kier alpha value is -2.68. The lowest BCUT2D eigenvalue weighted by Crippen LogP contribution is -2.17. The van der Waals surface area contributed by atoms with Gasteiger partial charge in [0, 0.05) is 28.1 Å².